The minimum absolute atomic E-state index is 0.131. The molecule has 2 unspecified atom stereocenters. The Balaban J connectivity index is 2.59. The summed E-state index contributed by atoms with van der Waals surface area (Å²) in [5.74, 6) is -2.54. The minimum Gasteiger partial charge on any atom is -0.478 e. The van der Waals surface area contributed by atoms with E-state index >= 15 is 0 Å². The predicted octanol–water partition coefficient (Wildman–Crippen LogP) is 0.402. The summed E-state index contributed by atoms with van der Waals surface area (Å²) in [7, 11) is -4.67. The molecule has 1 aromatic rings. The molecule has 1 saturated heterocycles. The molecule has 0 radical (unpaired) electrons. The SMILES string of the molecule is CN(C)CCN(C1CS(=O)(=O)CC1O)S(=O)(=O)c1cc(C(=O)O)c(Cl)cc1Cl. The lowest BCUT2D eigenvalue weighted by Crippen LogP contribution is -2.49. The number of likely N-dealkylation sites (N-methyl/N-ethyl adjacent to an activating group) is 1. The summed E-state index contributed by atoms with van der Waals surface area (Å²) in [5, 5.41) is 18.9. The summed E-state index contributed by atoms with van der Waals surface area (Å²) in [5.41, 5.74) is -0.461. The highest BCUT2D eigenvalue weighted by molar-refractivity contribution is 7.92. The number of hydrogen-bond donors (Lipinski definition) is 2. The second-order valence-electron chi connectivity index (χ2n) is 6.70. The van der Waals surface area contributed by atoms with Crippen LogP contribution < -0.4 is 0 Å². The summed E-state index contributed by atoms with van der Waals surface area (Å²) < 4.78 is 51.2. The van der Waals surface area contributed by atoms with Gasteiger partial charge < -0.3 is 15.1 Å². The molecule has 158 valence electrons. The van der Waals surface area contributed by atoms with Crippen LogP contribution in [0.5, 0.6) is 0 Å². The van der Waals surface area contributed by atoms with Crippen LogP contribution in [0.3, 0.4) is 0 Å². The number of carboxylic acids is 1. The fourth-order valence-electron chi connectivity index (χ4n) is 2.87. The second kappa shape index (κ2) is 8.42. The van der Waals surface area contributed by atoms with E-state index in [1.807, 2.05) is 0 Å². The zero-order chi connectivity index (χ0) is 21.4. The van der Waals surface area contributed by atoms with Gasteiger partial charge in [-0.2, -0.15) is 4.31 Å². The van der Waals surface area contributed by atoms with E-state index in [1.54, 1.807) is 19.0 Å². The molecule has 0 aromatic heterocycles. The van der Waals surface area contributed by atoms with Crippen molar-refractivity contribution >= 4 is 49.0 Å². The molecular formula is C15H20Cl2N2O7S2. The Kier molecular flexibility index (Phi) is 7.02. The number of sulfonamides is 1. The van der Waals surface area contributed by atoms with Crippen molar-refractivity contribution in [1.29, 1.82) is 0 Å². The molecule has 1 fully saturated rings. The number of rotatable bonds is 7. The first-order valence-electron chi connectivity index (χ1n) is 8.03. The van der Waals surface area contributed by atoms with Crippen molar-refractivity contribution in [3.05, 3.63) is 27.7 Å². The van der Waals surface area contributed by atoms with Crippen LogP contribution in [0, 0.1) is 0 Å². The molecule has 0 bridgehead atoms. The number of nitrogens with zero attached hydrogens (tertiary/aromatic N) is 2. The first-order chi connectivity index (χ1) is 12.8. The van der Waals surface area contributed by atoms with Gasteiger partial charge in [0.2, 0.25) is 10.0 Å². The van der Waals surface area contributed by atoms with Gasteiger partial charge in [0.1, 0.15) is 4.90 Å². The van der Waals surface area contributed by atoms with Crippen LogP contribution in [-0.4, -0.2) is 93.1 Å². The molecule has 2 N–H and O–H groups in total. The maximum atomic E-state index is 13.3. The number of carbonyl (C=O) groups is 1. The Hall–Kier alpha value is -0.950. The highest BCUT2D eigenvalue weighted by atomic mass is 35.5. The van der Waals surface area contributed by atoms with Crippen molar-refractivity contribution in [2.75, 3.05) is 38.7 Å². The molecule has 0 saturated carbocycles. The summed E-state index contributed by atoms with van der Waals surface area (Å²) in [6.45, 7) is 0.105. The average Bonchev–Trinajstić information content (AvgIpc) is 2.78. The Morgan fingerprint density at radius 3 is 2.25 bits per heavy atom. The number of aromatic carboxylic acids is 1. The Bertz CT molecular complexity index is 980. The number of benzene rings is 1. The van der Waals surface area contributed by atoms with Gasteiger partial charge in [-0.15, -0.1) is 0 Å². The molecule has 0 aliphatic carbocycles. The summed E-state index contributed by atoms with van der Waals surface area (Å²) in [6, 6.07) is 0.627. The van der Waals surface area contributed by atoms with Gasteiger partial charge >= 0.3 is 5.97 Å². The first kappa shape index (κ1) is 23.3. The maximum Gasteiger partial charge on any atom is 0.337 e. The van der Waals surface area contributed by atoms with E-state index < -0.39 is 59.9 Å². The van der Waals surface area contributed by atoms with E-state index in [2.05, 4.69) is 0 Å². The first-order valence-corrected chi connectivity index (χ1v) is 12.1. The lowest BCUT2D eigenvalue weighted by Gasteiger charge is -2.30. The van der Waals surface area contributed by atoms with Crippen LogP contribution in [0.2, 0.25) is 10.0 Å². The molecule has 28 heavy (non-hydrogen) atoms. The van der Waals surface area contributed by atoms with Crippen molar-refractivity contribution in [3.8, 4) is 0 Å². The smallest absolute Gasteiger partial charge is 0.337 e. The zero-order valence-corrected chi connectivity index (χ0v) is 18.2. The number of sulfone groups is 1. The summed E-state index contributed by atoms with van der Waals surface area (Å²) in [6.07, 6.45) is -1.41. The van der Waals surface area contributed by atoms with Crippen molar-refractivity contribution < 1.29 is 31.8 Å². The molecule has 1 aliphatic heterocycles. The largest absolute Gasteiger partial charge is 0.478 e. The molecule has 1 aliphatic rings. The highest BCUT2D eigenvalue weighted by Crippen LogP contribution is 2.33. The zero-order valence-electron chi connectivity index (χ0n) is 15.0. The van der Waals surface area contributed by atoms with Gasteiger partial charge in [-0.1, -0.05) is 23.2 Å². The normalized spacial score (nSPS) is 22.1. The van der Waals surface area contributed by atoms with Gasteiger partial charge in [0.05, 0.1) is 39.3 Å². The fraction of sp³-hybridized carbons (Fsp3) is 0.533. The molecule has 0 spiro atoms. The fourth-order valence-corrected chi connectivity index (χ4v) is 7.24. The molecule has 9 nitrogen and oxygen atoms in total. The monoisotopic (exact) mass is 474 g/mol. The van der Waals surface area contributed by atoms with Crippen LogP contribution in [0.1, 0.15) is 10.4 Å². The van der Waals surface area contributed by atoms with Gasteiger partial charge in [0, 0.05) is 13.1 Å². The topological polar surface area (TPSA) is 132 Å². The third-order valence-electron chi connectivity index (χ3n) is 4.27. The Morgan fingerprint density at radius 2 is 1.79 bits per heavy atom. The van der Waals surface area contributed by atoms with Crippen molar-refractivity contribution in [2.45, 2.75) is 17.0 Å². The molecule has 2 atom stereocenters. The second-order valence-corrected chi connectivity index (χ2v) is 11.5. The third-order valence-corrected chi connectivity index (χ3v) is 8.67. The number of aliphatic hydroxyl groups excluding tert-OH is 1. The number of hydrogen-bond acceptors (Lipinski definition) is 7. The molecule has 1 heterocycles. The molecule has 0 amide bonds. The summed E-state index contributed by atoms with van der Waals surface area (Å²) in [4.78, 5) is 12.5. The van der Waals surface area contributed by atoms with E-state index in [1.165, 1.54) is 0 Å². The Labute approximate surface area is 173 Å². The van der Waals surface area contributed by atoms with Crippen LogP contribution in [0.15, 0.2) is 17.0 Å². The van der Waals surface area contributed by atoms with Crippen LogP contribution in [0.4, 0.5) is 0 Å². The molecular weight excluding hydrogens is 455 g/mol. The number of aliphatic hydroxyl groups is 1. The highest BCUT2D eigenvalue weighted by Gasteiger charge is 2.45. The van der Waals surface area contributed by atoms with E-state index in [-0.39, 0.29) is 23.1 Å². The number of carboxylic acid groups (broad SMARTS) is 1. The maximum absolute atomic E-state index is 13.3. The van der Waals surface area contributed by atoms with E-state index in [9.17, 15) is 31.8 Å². The van der Waals surface area contributed by atoms with Crippen LogP contribution in [-0.2, 0) is 19.9 Å². The van der Waals surface area contributed by atoms with Crippen molar-refractivity contribution in [3.63, 3.8) is 0 Å². The summed E-state index contributed by atoms with van der Waals surface area (Å²) >= 11 is 11.8. The lowest BCUT2D eigenvalue weighted by atomic mass is 10.2. The number of halogens is 2. The van der Waals surface area contributed by atoms with Gasteiger partial charge in [-0.25, -0.2) is 21.6 Å². The van der Waals surface area contributed by atoms with Crippen molar-refractivity contribution in [1.82, 2.24) is 9.21 Å². The van der Waals surface area contributed by atoms with Crippen LogP contribution in [0.25, 0.3) is 0 Å². The van der Waals surface area contributed by atoms with Crippen molar-refractivity contribution in [2.24, 2.45) is 0 Å². The van der Waals surface area contributed by atoms with Gasteiger partial charge in [0.25, 0.3) is 0 Å². The predicted molar refractivity (Wildman–Crippen MR) is 104 cm³/mol. The minimum atomic E-state index is -4.44. The average molecular weight is 475 g/mol. The molecule has 13 heteroatoms. The van der Waals surface area contributed by atoms with Gasteiger partial charge in [-0.05, 0) is 26.2 Å². The molecule has 2 rings (SSSR count). The van der Waals surface area contributed by atoms with Crippen LogP contribution >= 0.6 is 23.2 Å². The van der Waals surface area contributed by atoms with E-state index in [0.29, 0.717) is 0 Å². The van der Waals surface area contributed by atoms with Gasteiger partial charge in [-0.3, -0.25) is 0 Å². The molecule has 1 aromatic carbocycles. The standard InChI is InChI=1S/C15H20Cl2N2O7S2/c1-18(2)3-4-19(12-7-27(23,24)8-13(12)20)28(25,26)14-5-9(15(21)22)10(16)6-11(14)17/h5-6,12-13,20H,3-4,7-8H2,1-2H3,(H,21,22). The van der Waals surface area contributed by atoms with E-state index in [0.717, 1.165) is 16.4 Å². The third kappa shape index (κ3) is 4.96. The van der Waals surface area contributed by atoms with Gasteiger partial charge in [0.15, 0.2) is 9.84 Å². The Morgan fingerprint density at radius 1 is 1.18 bits per heavy atom. The lowest BCUT2D eigenvalue weighted by molar-refractivity contribution is 0.0696. The van der Waals surface area contributed by atoms with E-state index in [4.69, 9.17) is 23.2 Å². The quantitative estimate of drug-likeness (QED) is 0.580.